The van der Waals surface area contributed by atoms with Gasteiger partial charge in [0.15, 0.2) is 5.82 Å². The van der Waals surface area contributed by atoms with Gasteiger partial charge in [0.05, 0.1) is 18.4 Å². The van der Waals surface area contributed by atoms with Gasteiger partial charge < -0.3 is 10.6 Å². The Hall–Kier alpha value is -1.08. The molecule has 0 aliphatic carbocycles. The van der Waals surface area contributed by atoms with Crippen molar-refractivity contribution >= 4 is 27.7 Å². The fourth-order valence-corrected chi connectivity index (χ4v) is 1.82. The fraction of sp³-hybridized carbons (Fsp3) is 0.444. The number of aromatic nitrogens is 2. The van der Waals surface area contributed by atoms with E-state index in [0.29, 0.717) is 10.4 Å². The first-order chi connectivity index (χ1) is 7.65. The predicted molar refractivity (Wildman–Crippen MR) is 59.7 cm³/mol. The van der Waals surface area contributed by atoms with Crippen LogP contribution in [0.4, 0.5) is 10.2 Å². The molecule has 1 aliphatic rings. The van der Waals surface area contributed by atoms with Gasteiger partial charge >= 0.3 is 0 Å². The molecule has 2 rings (SSSR count). The average molecular weight is 289 g/mol. The Bertz CT molecular complexity index is 403. The number of rotatable bonds is 2. The number of halogens is 2. The van der Waals surface area contributed by atoms with Crippen LogP contribution in [0.1, 0.15) is 6.42 Å². The zero-order chi connectivity index (χ0) is 11.5. The summed E-state index contributed by atoms with van der Waals surface area (Å²) in [5.41, 5.74) is 0. The number of alkyl halides is 1. The number of amides is 1. The summed E-state index contributed by atoms with van der Waals surface area (Å²) in [7, 11) is 0. The van der Waals surface area contributed by atoms with Crippen LogP contribution in [0, 0.1) is 0 Å². The van der Waals surface area contributed by atoms with Gasteiger partial charge in [0.1, 0.15) is 10.8 Å². The van der Waals surface area contributed by atoms with Gasteiger partial charge in [0, 0.05) is 13.0 Å². The van der Waals surface area contributed by atoms with Crippen LogP contribution >= 0.6 is 15.9 Å². The van der Waals surface area contributed by atoms with Crippen molar-refractivity contribution in [3.63, 3.8) is 0 Å². The average Bonchev–Trinajstić information content (AvgIpc) is 2.65. The zero-order valence-corrected chi connectivity index (χ0v) is 9.87. The van der Waals surface area contributed by atoms with Crippen LogP contribution < -0.4 is 10.6 Å². The Morgan fingerprint density at radius 1 is 1.62 bits per heavy atom. The van der Waals surface area contributed by atoms with E-state index in [0.717, 1.165) is 0 Å². The second-order valence-corrected chi connectivity index (χ2v) is 4.32. The van der Waals surface area contributed by atoms with Crippen molar-refractivity contribution in [3.05, 3.63) is 17.0 Å². The van der Waals surface area contributed by atoms with Crippen LogP contribution in [0.5, 0.6) is 0 Å². The molecule has 0 aromatic carbocycles. The molecule has 0 spiro atoms. The summed E-state index contributed by atoms with van der Waals surface area (Å²) in [6.45, 7) is 0.224. The standard InChI is InChI=1S/C9H10BrFN4O/c10-7-3-12-4-8(14-7)15-9(16)6-1-5(11)2-13-6/h3-6,13H,1-2H2,(H,14,15,16). The number of anilines is 1. The van der Waals surface area contributed by atoms with E-state index in [9.17, 15) is 9.18 Å². The van der Waals surface area contributed by atoms with Gasteiger partial charge in [-0.1, -0.05) is 0 Å². The summed E-state index contributed by atoms with van der Waals surface area (Å²) in [5.74, 6) is 0.0658. The number of hydrogen-bond acceptors (Lipinski definition) is 4. The first-order valence-corrected chi connectivity index (χ1v) is 5.60. The molecule has 1 aliphatic heterocycles. The van der Waals surface area contributed by atoms with Crippen LogP contribution in [0.25, 0.3) is 0 Å². The highest BCUT2D eigenvalue weighted by molar-refractivity contribution is 9.10. The van der Waals surface area contributed by atoms with Gasteiger partial charge in [0.25, 0.3) is 0 Å². The van der Waals surface area contributed by atoms with Crippen LogP contribution in [0.3, 0.4) is 0 Å². The van der Waals surface area contributed by atoms with Crippen molar-refractivity contribution in [2.75, 3.05) is 11.9 Å². The van der Waals surface area contributed by atoms with Gasteiger partial charge in [-0.15, -0.1) is 0 Å². The van der Waals surface area contributed by atoms with Crippen LogP contribution in [0.2, 0.25) is 0 Å². The van der Waals surface area contributed by atoms with E-state index in [1.807, 2.05) is 0 Å². The van der Waals surface area contributed by atoms with Crippen molar-refractivity contribution < 1.29 is 9.18 Å². The van der Waals surface area contributed by atoms with Gasteiger partial charge in [-0.3, -0.25) is 9.78 Å². The van der Waals surface area contributed by atoms with E-state index in [2.05, 4.69) is 36.5 Å². The quantitative estimate of drug-likeness (QED) is 0.848. The highest BCUT2D eigenvalue weighted by atomic mass is 79.9. The third kappa shape index (κ3) is 2.73. The molecule has 0 saturated carbocycles. The molecule has 1 aromatic heterocycles. The lowest BCUT2D eigenvalue weighted by atomic mass is 10.2. The summed E-state index contributed by atoms with van der Waals surface area (Å²) in [6.07, 6.45) is 2.20. The first kappa shape index (κ1) is 11.4. The molecular weight excluding hydrogens is 279 g/mol. The first-order valence-electron chi connectivity index (χ1n) is 4.81. The maximum atomic E-state index is 12.9. The molecule has 5 nitrogen and oxygen atoms in total. The maximum absolute atomic E-state index is 12.9. The molecular formula is C9H10BrFN4O. The van der Waals surface area contributed by atoms with Crippen molar-refractivity contribution in [3.8, 4) is 0 Å². The van der Waals surface area contributed by atoms with Crippen molar-refractivity contribution in [1.29, 1.82) is 0 Å². The van der Waals surface area contributed by atoms with Gasteiger partial charge in [-0.25, -0.2) is 9.37 Å². The molecule has 2 N–H and O–H groups in total. The monoisotopic (exact) mass is 288 g/mol. The summed E-state index contributed by atoms with van der Waals surface area (Å²) in [5, 5.41) is 5.37. The lowest BCUT2D eigenvalue weighted by Gasteiger charge is -2.09. The Morgan fingerprint density at radius 3 is 3.06 bits per heavy atom. The lowest BCUT2D eigenvalue weighted by molar-refractivity contribution is -0.117. The van der Waals surface area contributed by atoms with E-state index in [1.54, 1.807) is 0 Å². The largest absolute Gasteiger partial charge is 0.308 e. The SMILES string of the molecule is O=C(Nc1cncc(Br)n1)C1CC(F)CN1. The lowest BCUT2D eigenvalue weighted by Crippen LogP contribution is -2.35. The smallest absolute Gasteiger partial charge is 0.242 e. The molecule has 2 heterocycles. The van der Waals surface area contributed by atoms with Crippen LogP contribution in [0.15, 0.2) is 17.0 Å². The number of nitrogens with zero attached hydrogens (tertiary/aromatic N) is 2. The second kappa shape index (κ2) is 4.84. The van der Waals surface area contributed by atoms with E-state index >= 15 is 0 Å². The minimum Gasteiger partial charge on any atom is -0.308 e. The molecule has 2 unspecified atom stereocenters. The van der Waals surface area contributed by atoms with Gasteiger partial charge in [-0.05, 0) is 15.9 Å². The second-order valence-electron chi connectivity index (χ2n) is 3.51. The Balaban J connectivity index is 1.97. The summed E-state index contributed by atoms with van der Waals surface area (Å²) < 4.78 is 13.4. The summed E-state index contributed by atoms with van der Waals surface area (Å²) >= 11 is 3.14. The minimum absolute atomic E-state index is 0.202. The molecule has 2 atom stereocenters. The molecule has 0 radical (unpaired) electrons. The van der Waals surface area contributed by atoms with E-state index in [4.69, 9.17) is 0 Å². The Kier molecular flexibility index (Phi) is 3.45. The third-order valence-electron chi connectivity index (χ3n) is 2.25. The topological polar surface area (TPSA) is 66.9 Å². The van der Waals surface area contributed by atoms with Crippen molar-refractivity contribution in [2.45, 2.75) is 18.6 Å². The molecule has 1 fully saturated rings. The van der Waals surface area contributed by atoms with E-state index in [-0.39, 0.29) is 18.9 Å². The number of carbonyl (C=O) groups excluding carboxylic acids is 1. The van der Waals surface area contributed by atoms with Gasteiger partial charge in [0.2, 0.25) is 5.91 Å². The minimum atomic E-state index is -0.954. The molecule has 7 heteroatoms. The summed E-state index contributed by atoms with van der Waals surface area (Å²) in [4.78, 5) is 19.5. The van der Waals surface area contributed by atoms with Crippen LogP contribution in [-0.4, -0.2) is 34.6 Å². The molecule has 86 valence electrons. The maximum Gasteiger partial charge on any atom is 0.242 e. The van der Waals surface area contributed by atoms with Crippen molar-refractivity contribution in [2.24, 2.45) is 0 Å². The number of nitrogens with one attached hydrogen (secondary N) is 2. The molecule has 0 bridgehead atoms. The highest BCUT2D eigenvalue weighted by Crippen LogP contribution is 2.13. The summed E-state index contributed by atoms with van der Waals surface area (Å²) in [6, 6.07) is -0.490. The molecule has 1 saturated heterocycles. The molecule has 1 amide bonds. The third-order valence-corrected chi connectivity index (χ3v) is 2.63. The Labute approximate surface area is 100.0 Å². The van der Waals surface area contributed by atoms with E-state index in [1.165, 1.54) is 12.4 Å². The van der Waals surface area contributed by atoms with Crippen molar-refractivity contribution in [1.82, 2.24) is 15.3 Å². The van der Waals surface area contributed by atoms with E-state index < -0.39 is 12.2 Å². The Morgan fingerprint density at radius 2 is 2.44 bits per heavy atom. The van der Waals surface area contributed by atoms with Gasteiger partial charge in [-0.2, -0.15) is 0 Å². The molecule has 16 heavy (non-hydrogen) atoms. The number of hydrogen-bond donors (Lipinski definition) is 2. The zero-order valence-electron chi connectivity index (χ0n) is 8.28. The normalized spacial score (nSPS) is 24.4. The predicted octanol–water partition coefficient (Wildman–Crippen LogP) is 0.878. The highest BCUT2D eigenvalue weighted by Gasteiger charge is 2.29. The van der Waals surface area contributed by atoms with Crippen LogP contribution in [-0.2, 0) is 4.79 Å². The fourth-order valence-electron chi connectivity index (χ4n) is 1.51. The number of carbonyl (C=O) groups is 1. The molecule has 1 aromatic rings.